The molecule has 7 heteroatoms. The fourth-order valence-corrected chi connectivity index (χ4v) is 2.39. The number of aliphatic hydroxyl groups is 1. The van der Waals surface area contributed by atoms with Gasteiger partial charge in [-0.1, -0.05) is 0 Å². The molecule has 2 N–H and O–H groups in total. The van der Waals surface area contributed by atoms with Gasteiger partial charge in [0.05, 0.1) is 18.5 Å². The van der Waals surface area contributed by atoms with Gasteiger partial charge in [-0.2, -0.15) is 4.52 Å². The first-order valence-corrected chi connectivity index (χ1v) is 6.27. The Kier molecular flexibility index (Phi) is 3.06. The summed E-state index contributed by atoms with van der Waals surface area (Å²) in [6.07, 6.45) is 7.17. The van der Waals surface area contributed by atoms with Crippen LogP contribution in [0.3, 0.4) is 0 Å². The second-order valence-electron chi connectivity index (χ2n) is 4.80. The summed E-state index contributed by atoms with van der Waals surface area (Å²) in [5.41, 5.74) is 0.638. The van der Waals surface area contributed by atoms with Crippen LogP contribution in [0, 0.1) is 5.92 Å². The molecule has 2 aromatic rings. The molecule has 96 valence electrons. The number of hydrogen-bond donors (Lipinski definition) is 2. The first kappa shape index (κ1) is 11.3. The van der Waals surface area contributed by atoms with Crippen molar-refractivity contribution in [1.82, 2.24) is 25.0 Å². The highest BCUT2D eigenvalue weighted by Gasteiger charge is 2.19. The van der Waals surface area contributed by atoms with Gasteiger partial charge in [0.1, 0.15) is 5.82 Å². The fourth-order valence-electron chi connectivity index (χ4n) is 2.39. The van der Waals surface area contributed by atoms with Crippen molar-refractivity contribution in [2.24, 2.45) is 5.92 Å². The Morgan fingerprint density at radius 1 is 1.28 bits per heavy atom. The number of nitrogens with zero attached hydrogens (tertiary/aromatic N) is 5. The van der Waals surface area contributed by atoms with E-state index in [1.807, 2.05) is 0 Å². The number of aromatic nitrogens is 5. The molecule has 0 aromatic carbocycles. The fraction of sp³-hybridized carbons (Fsp3) is 0.636. The van der Waals surface area contributed by atoms with E-state index in [1.165, 1.54) is 0 Å². The van der Waals surface area contributed by atoms with Crippen molar-refractivity contribution in [3.8, 4) is 0 Å². The third-order valence-electron chi connectivity index (χ3n) is 3.50. The lowest BCUT2D eigenvalue weighted by Gasteiger charge is -2.25. The molecule has 0 spiro atoms. The van der Waals surface area contributed by atoms with E-state index in [0.717, 1.165) is 38.0 Å². The van der Waals surface area contributed by atoms with E-state index in [9.17, 15) is 5.11 Å². The molecule has 7 nitrogen and oxygen atoms in total. The first-order valence-electron chi connectivity index (χ1n) is 6.27. The number of hydrogen-bond acceptors (Lipinski definition) is 6. The zero-order valence-corrected chi connectivity index (χ0v) is 10.0. The van der Waals surface area contributed by atoms with E-state index in [4.69, 9.17) is 0 Å². The van der Waals surface area contributed by atoms with Crippen LogP contribution in [-0.2, 0) is 0 Å². The summed E-state index contributed by atoms with van der Waals surface area (Å²) in [5, 5.41) is 24.2. The molecular weight excluding hydrogens is 232 g/mol. The minimum absolute atomic E-state index is 0.106. The van der Waals surface area contributed by atoms with Crippen LogP contribution in [-0.4, -0.2) is 42.8 Å². The van der Waals surface area contributed by atoms with Gasteiger partial charge in [0, 0.05) is 6.54 Å². The van der Waals surface area contributed by atoms with Crippen LogP contribution < -0.4 is 5.32 Å². The quantitative estimate of drug-likeness (QED) is 0.821. The minimum atomic E-state index is -0.106. The Balaban J connectivity index is 1.64. The normalized spacial score (nSPS) is 24.3. The molecular formula is C11H16N6O. The SMILES string of the molecule is OC1CCC(CNc2cncc3nnnn23)CC1. The monoisotopic (exact) mass is 248 g/mol. The van der Waals surface area contributed by atoms with Crippen molar-refractivity contribution >= 4 is 11.5 Å². The Hall–Kier alpha value is -1.76. The lowest BCUT2D eigenvalue weighted by atomic mass is 9.87. The van der Waals surface area contributed by atoms with Crippen molar-refractivity contribution in [2.75, 3.05) is 11.9 Å². The Bertz CT molecular complexity index is 519. The second-order valence-corrected chi connectivity index (χ2v) is 4.80. The van der Waals surface area contributed by atoms with E-state index in [0.29, 0.717) is 11.6 Å². The lowest BCUT2D eigenvalue weighted by Crippen LogP contribution is -2.24. The molecule has 1 aliphatic carbocycles. The molecule has 0 saturated heterocycles. The first-order chi connectivity index (χ1) is 8.83. The van der Waals surface area contributed by atoms with Crippen molar-refractivity contribution in [3.63, 3.8) is 0 Å². The highest BCUT2D eigenvalue weighted by molar-refractivity contribution is 5.43. The van der Waals surface area contributed by atoms with Gasteiger partial charge < -0.3 is 10.4 Å². The van der Waals surface area contributed by atoms with Gasteiger partial charge >= 0.3 is 0 Å². The number of rotatable bonds is 3. The molecule has 18 heavy (non-hydrogen) atoms. The Morgan fingerprint density at radius 2 is 2.11 bits per heavy atom. The average Bonchev–Trinajstić information content (AvgIpc) is 2.87. The van der Waals surface area contributed by atoms with Gasteiger partial charge in [-0.05, 0) is 42.0 Å². The molecule has 2 heterocycles. The topological polar surface area (TPSA) is 88.2 Å². The molecule has 2 aromatic heterocycles. The van der Waals surface area contributed by atoms with Gasteiger partial charge in [-0.3, -0.25) is 4.98 Å². The largest absolute Gasteiger partial charge is 0.393 e. The molecule has 0 atom stereocenters. The van der Waals surface area contributed by atoms with Crippen LogP contribution in [0.2, 0.25) is 0 Å². The molecule has 3 rings (SSSR count). The van der Waals surface area contributed by atoms with Crippen molar-refractivity contribution in [1.29, 1.82) is 0 Å². The molecule has 0 aliphatic heterocycles. The summed E-state index contributed by atoms with van der Waals surface area (Å²) in [7, 11) is 0. The van der Waals surface area contributed by atoms with Gasteiger partial charge in [0.15, 0.2) is 5.65 Å². The van der Waals surface area contributed by atoms with Crippen LogP contribution in [0.5, 0.6) is 0 Å². The van der Waals surface area contributed by atoms with Crippen molar-refractivity contribution in [3.05, 3.63) is 12.4 Å². The highest BCUT2D eigenvalue weighted by Crippen LogP contribution is 2.24. The number of aliphatic hydroxyl groups excluding tert-OH is 1. The van der Waals surface area contributed by atoms with Crippen molar-refractivity contribution < 1.29 is 5.11 Å². The maximum Gasteiger partial charge on any atom is 0.199 e. The molecule has 1 aliphatic rings. The predicted molar refractivity (Wildman–Crippen MR) is 65.0 cm³/mol. The van der Waals surface area contributed by atoms with Gasteiger partial charge in [0.25, 0.3) is 0 Å². The van der Waals surface area contributed by atoms with Crippen LogP contribution >= 0.6 is 0 Å². The van der Waals surface area contributed by atoms with Crippen LogP contribution in [0.1, 0.15) is 25.7 Å². The number of tetrazole rings is 1. The van der Waals surface area contributed by atoms with Crippen LogP contribution in [0.25, 0.3) is 5.65 Å². The van der Waals surface area contributed by atoms with Gasteiger partial charge in [-0.15, -0.1) is 5.10 Å². The molecule has 0 amide bonds. The summed E-state index contributed by atoms with van der Waals surface area (Å²) in [6, 6.07) is 0. The summed E-state index contributed by atoms with van der Waals surface area (Å²) in [4.78, 5) is 4.10. The summed E-state index contributed by atoms with van der Waals surface area (Å²) in [6.45, 7) is 0.868. The van der Waals surface area contributed by atoms with Crippen LogP contribution in [0.4, 0.5) is 5.82 Å². The smallest absolute Gasteiger partial charge is 0.199 e. The highest BCUT2D eigenvalue weighted by atomic mass is 16.3. The molecule has 1 fully saturated rings. The van der Waals surface area contributed by atoms with Crippen molar-refractivity contribution in [2.45, 2.75) is 31.8 Å². The number of anilines is 1. The third-order valence-corrected chi connectivity index (χ3v) is 3.50. The van der Waals surface area contributed by atoms with Gasteiger partial charge in [0.2, 0.25) is 0 Å². The summed E-state index contributed by atoms with van der Waals surface area (Å²) < 4.78 is 1.64. The van der Waals surface area contributed by atoms with Crippen LogP contribution in [0.15, 0.2) is 12.4 Å². The predicted octanol–water partition coefficient (Wildman–Crippen LogP) is 0.482. The Morgan fingerprint density at radius 3 is 2.94 bits per heavy atom. The zero-order valence-electron chi connectivity index (χ0n) is 10.0. The van der Waals surface area contributed by atoms with E-state index in [-0.39, 0.29) is 6.10 Å². The summed E-state index contributed by atoms with van der Waals surface area (Å²) >= 11 is 0. The maximum absolute atomic E-state index is 9.46. The molecule has 1 saturated carbocycles. The molecule has 0 bridgehead atoms. The van der Waals surface area contributed by atoms with Gasteiger partial charge in [-0.25, -0.2) is 0 Å². The van der Waals surface area contributed by atoms with E-state index in [2.05, 4.69) is 25.8 Å². The molecule has 0 radical (unpaired) electrons. The Labute approximate surface area is 104 Å². The number of nitrogens with one attached hydrogen (secondary N) is 1. The summed E-state index contributed by atoms with van der Waals surface area (Å²) in [5.74, 6) is 1.41. The lowest BCUT2D eigenvalue weighted by molar-refractivity contribution is 0.111. The average molecular weight is 248 g/mol. The maximum atomic E-state index is 9.46. The number of fused-ring (bicyclic) bond motifs is 1. The third kappa shape index (κ3) is 2.26. The van der Waals surface area contributed by atoms with E-state index >= 15 is 0 Å². The van der Waals surface area contributed by atoms with E-state index in [1.54, 1.807) is 16.9 Å². The second kappa shape index (κ2) is 4.85. The minimum Gasteiger partial charge on any atom is -0.393 e. The van der Waals surface area contributed by atoms with E-state index < -0.39 is 0 Å². The standard InChI is InChI=1S/C11H16N6O/c18-9-3-1-8(2-4-9)5-13-10-6-12-7-11-14-15-16-17(10)11/h6-9,13,18H,1-5H2. The molecule has 0 unspecified atom stereocenters. The zero-order chi connectivity index (χ0) is 12.4.